The third-order valence-corrected chi connectivity index (χ3v) is 3.21. The van der Waals surface area contributed by atoms with Crippen molar-refractivity contribution in [2.24, 2.45) is 0 Å². The van der Waals surface area contributed by atoms with Crippen LogP contribution in [0.25, 0.3) is 0 Å². The molecular weight excluding hydrogens is 234 g/mol. The molecule has 1 unspecified atom stereocenters. The van der Waals surface area contributed by atoms with E-state index >= 15 is 0 Å². The van der Waals surface area contributed by atoms with Crippen LogP contribution in [0.4, 0.5) is 0 Å². The van der Waals surface area contributed by atoms with Crippen LogP contribution in [0.3, 0.4) is 0 Å². The molecule has 2 rings (SSSR count). The molecule has 0 amide bonds. The number of benzene rings is 1. The van der Waals surface area contributed by atoms with E-state index in [4.69, 9.17) is 12.2 Å². The van der Waals surface area contributed by atoms with Gasteiger partial charge in [0.25, 0.3) is 0 Å². The predicted molar refractivity (Wildman–Crippen MR) is 71.3 cm³/mol. The maximum Gasteiger partial charge on any atom is 0.183 e. The first-order valence-corrected chi connectivity index (χ1v) is 6.07. The molecule has 0 radical (unpaired) electrons. The summed E-state index contributed by atoms with van der Waals surface area (Å²) in [6.45, 7) is 2.26. The first-order chi connectivity index (χ1) is 8.16. The zero-order valence-electron chi connectivity index (χ0n) is 9.84. The monoisotopic (exact) mass is 251 g/mol. The van der Waals surface area contributed by atoms with Crippen LogP contribution < -0.4 is 5.43 Å². The summed E-state index contributed by atoms with van der Waals surface area (Å²) in [7, 11) is 1.96. The first kappa shape index (κ1) is 12.3. The number of thiocarbonyl (C=S) groups is 1. The van der Waals surface area contributed by atoms with E-state index in [2.05, 4.69) is 5.43 Å². The van der Waals surface area contributed by atoms with Crippen LogP contribution in [0, 0.1) is 0 Å². The molecule has 17 heavy (non-hydrogen) atoms. The van der Waals surface area contributed by atoms with E-state index in [0.717, 1.165) is 18.7 Å². The van der Waals surface area contributed by atoms with Crippen LogP contribution >= 0.6 is 12.2 Å². The second kappa shape index (κ2) is 5.44. The van der Waals surface area contributed by atoms with Gasteiger partial charge < -0.3 is 10.0 Å². The number of rotatable bonds is 3. The molecule has 1 aromatic rings. The molecule has 1 aliphatic rings. The molecule has 0 bridgehead atoms. The Labute approximate surface area is 107 Å². The Morgan fingerprint density at radius 1 is 1.35 bits per heavy atom. The Hall–Kier alpha value is -1.17. The summed E-state index contributed by atoms with van der Waals surface area (Å²) in [5, 5.41) is 12.7. The smallest absolute Gasteiger partial charge is 0.183 e. The van der Waals surface area contributed by atoms with Crippen LogP contribution in [0.15, 0.2) is 30.3 Å². The quantitative estimate of drug-likeness (QED) is 0.776. The second-order valence-corrected chi connectivity index (χ2v) is 4.60. The van der Waals surface area contributed by atoms with Crippen molar-refractivity contribution in [2.45, 2.75) is 6.10 Å². The summed E-state index contributed by atoms with van der Waals surface area (Å²) in [6, 6.07) is 9.66. The molecule has 0 aliphatic carbocycles. The normalized spacial score (nSPS) is 18.9. The average molecular weight is 251 g/mol. The topological polar surface area (TPSA) is 38.7 Å². The summed E-state index contributed by atoms with van der Waals surface area (Å²) >= 11 is 5.23. The second-order valence-electron chi connectivity index (χ2n) is 4.21. The van der Waals surface area contributed by atoms with E-state index in [1.54, 1.807) is 0 Å². The Kier molecular flexibility index (Phi) is 3.93. The van der Waals surface area contributed by atoms with E-state index in [1.165, 1.54) is 0 Å². The number of aliphatic hydroxyl groups is 1. The van der Waals surface area contributed by atoms with Crippen molar-refractivity contribution in [2.75, 3.05) is 26.7 Å². The SMILES string of the molecule is CN1CCN(CC(O)c2ccccc2)C(=S)N1. The number of nitrogens with one attached hydrogen (secondary N) is 1. The highest BCUT2D eigenvalue weighted by molar-refractivity contribution is 7.80. The standard InChI is InChI=1S/C12H17N3OS/c1-14-7-8-15(12(17)13-14)9-11(16)10-5-3-2-4-6-10/h2-6,11,16H,7-9H2,1H3,(H,13,17). The molecule has 2 N–H and O–H groups in total. The van der Waals surface area contributed by atoms with Gasteiger partial charge in [0.15, 0.2) is 5.11 Å². The lowest BCUT2D eigenvalue weighted by molar-refractivity contribution is 0.120. The van der Waals surface area contributed by atoms with Gasteiger partial charge in [-0.1, -0.05) is 30.3 Å². The maximum atomic E-state index is 10.1. The van der Waals surface area contributed by atoms with Crippen LogP contribution in [-0.4, -0.2) is 46.8 Å². The van der Waals surface area contributed by atoms with Crippen molar-refractivity contribution in [3.05, 3.63) is 35.9 Å². The molecule has 1 saturated heterocycles. The summed E-state index contributed by atoms with van der Waals surface area (Å²) in [6.07, 6.45) is -0.501. The van der Waals surface area contributed by atoms with Crippen molar-refractivity contribution in [1.82, 2.24) is 15.3 Å². The molecule has 1 atom stereocenters. The minimum absolute atomic E-state index is 0.501. The van der Waals surface area contributed by atoms with Crippen molar-refractivity contribution in [3.63, 3.8) is 0 Å². The lowest BCUT2D eigenvalue weighted by Gasteiger charge is -2.36. The number of hydrazine groups is 1. The van der Waals surface area contributed by atoms with Gasteiger partial charge in [-0.15, -0.1) is 0 Å². The summed E-state index contributed by atoms with van der Waals surface area (Å²) in [5.74, 6) is 0. The fourth-order valence-corrected chi connectivity index (χ4v) is 2.15. The van der Waals surface area contributed by atoms with Gasteiger partial charge in [0.05, 0.1) is 12.6 Å². The number of hydrogen-bond donors (Lipinski definition) is 2. The van der Waals surface area contributed by atoms with Crippen LogP contribution in [-0.2, 0) is 0 Å². The van der Waals surface area contributed by atoms with Crippen molar-refractivity contribution in [3.8, 4) is 0 Å². The van der Waals surface area contributed by atoms with Gasteiger partial charge in [0.2, 0.25) is 0 Å². The molecule has 5 heteroatoms. The van der Waals surface area contributed by atoms with Crippen LogP contribution in [0.2, 0.25) is 0 Å². The van der Waals surface area contributed by atoms with Crippen molar-refractivity contribution >= 4 is 17.3 Å². The van der Waals surface area contributed by atoms with Gasteiger partial charge >= 0.3 is 0 Å². The highest BCUT2D eigenvalue weighted by Gasteiger charge is 2.20. The summed E-state index contributed by atoms with van der Waals surface area (Å²) in [5.41, 5.74) is 3.99. The molecule has 92 valence electrons. The van der Waals surface area contributed by atoms with Gasteiger partial charge in [0.1, 0.15) is 0 Å². The molecule has 1 aromatic carbocycles. The molecule has 4 nitrogen and oxygen atoms in total. The van der Waals surface area contributed by atoms with Gasteiger partial charge in [0, 0.05) is 20.1 Å². The molecule has 0 spiro atoms. The van der Waals surface area contributed by atoms with Gasteiger partial charge in [-0.05, 0) is 17.8 Å². The lowest BCUT2D eigenvalue weighted by Crippen LogP contribution is -2.56. The Morgan fingerprint density at radius 2 is 2.06 bits per heavy atom. The number of β-amino-alcohol motifs (C(OH)–C–C–N with tert-alkyl or cyclic N) is 1. The largest absolute Gasteiger partial charge is 0.387 e. The van der Waals surface area contributed by atoms with Gasteiger partial charge in [-0.25, -0.2) is 5.01 Å². The lowest BCUT2D eigenvalue weighted by atomic mass is 10.1. The zero-order valence-corrected chi connectivity index (χ0v) is 10.7. The van der Waals surface area contributed by atoms with E-state index < -0.39 is 6.10 Å². The average Bonchev–Trinajstić information content (AvgIpc) is 2.34. The molecular formula is C12H17N3OS. The Bertz CT molecular complexity index is 385. The Morgan fingerprint density at radius 3 is 2.71 bits per heavy atom. The minimum atomic E-state index is -0.501. The van der Waals surface area contributed by atoms with Crippen LogP contribution in [0.5, 0.6) is 0 Å². The van der Waals surface area contributed by atoms with E-state index in [0.29, 0.717) is 11.7 Å². The Balaban J connectivity index is 1.95. The molecule has 1 aliphatic heterocycles. The number of likely N-dealkylation sites (N-methyl/N-ethyl adjacent to an activating group) is 1. The van der Waals surface area contributed by atoms with Crippen molar-refractivity contribution in [1.29, 1.82) is 0 Å². The third kappa shape index (κ3) is 3.15. The highest BCUT2D eigenvalue weighted by Crippen LogP contribution is 2.14. The van der Waals surface area contributed by atoms with Crippen LogP contribution in [0.1, 0.15) is 11.7 Å². The first-order valence-electron chi connectivity index (χ1n) is 5.66. The highest BCUT2D eigenvalue weighted by atomic mass is 32.1. The van der Waals surface area contributed by atoms with E-state index in [1.807, 2.05) is 47.3 Å². The van der Waals surface area contributed by atoms with Gasteiger partial charge in [-0.2, -0.15) is 0 Å². The third-order valence-electron chi connectivity index (χ3n) is 2.86. The fourth-order valence-electron chi connectivity index (χ4n) is 1.83. The minimum Gasteiger partial charge on any atom is -0.387 e. The predicted octanol–water partition coefficient (Wildman–Crippen LogP) is 0.757. The number of aliphatic hydroxyl groups excluding tert-OH is 1. The molecule has 1 heterocycles. The van der Waals surface area contributed by atoms with Gasteiger partial charge in [-0.3, -0.25) is 5.43 Å². The molecule has 1 fully saturated rings. The zero-order chi connectivity index (χ0) is 12.3. The molecule has 0 aromatic heterocycles. The maximum absolute atomic E-state index is 10.1. The van der Waals surface area contributed by atoms with E-state index in [-0.39, 0.29) is 0 Å². The fraction of sp³-hybridized carbons (Fsp3) is 0.417. The van der Waals surface area contributed by atoms with Crippen molar-refractivity contribution < 1.29 is 5.11 Å². The number of nitrogens with zero attached hydrogens (tertiary/aromatic N) is 2. The summed E-state index contributed by atoms with van der Waals surface area (Å²) in [4.78, 5) is 1.99. The number of hydrogen-bond acceptors (Lipinski definition) is 3. The molecule has 0 saturated carbocycles. The van der Waals surface area contributed by atoms with E-state index in [9.17, 15) is 5.11 Å². The summed E-state index contributed by atoms with van der Waals surface area (Å²) < 4.78 is 0.